The number of rotatable bonds is 3. The Morgan fingerprint density at radius 2 is 1.79 bits per heavy atom. The van der Waals surface area contributed by atoms with Crippen LogP contribution < -0.4 is 10.2 Å². The van der Waals surface area contributed by atoms with E-state index < -0.39 is 0 Å². The summed E-state index contributed by atoms with van der Waals surface area (Å²) in [6, 6.07) is 5.30. The lowest BCUT2D eigenvalue weighted by atomic mass is 9.94. The van der Waals surface area contributed by atoms with Gasteiger partial charge in [-0.25, -0.2) is 9.97 Å². The van der Waals surface area contributed by atoms with E-state index >= 15 is 0 Å². The number of nitrogens with zero attached hydrogens (tertiary/aromatic N) is 5. The van der Waals surface area contributed by atoms with E-state index in [1.807, 2.05) is 25.7 Å². The molecular formula is C20H26N6O2. The van der Waals surface area contributed by atoms with Crippen molar-refractivity contribution in [2.45, 2.75) is 27.7 Å². The third kappa shape index (κ3) is 4.44. The molecule has 8 heteroatoms. The number of anilines is 2. The van der Waals surface area contributed by atoms with Crippen LogP contribution in [-0.2, 0) is 4.79 Å². The molecule has 2 amide bonds. The number of carbonyl (C=O) groups excluding carboxylic acids is 2. The molecule has 0 aliphatic carbocycles. The molecule has 3 heterocycles. The summed E-state index contributed by atoms with van der Waals surface area (Å²) in [7, 11) is 0. The van der Waals surface area contributed by atoms with Gasteiger partial charge in [-0.2, -0.15) is 0 Å². The van der Waals surface area contributed by atoms with Crippen LogP contribution in [0.15, 0.2) is 30.6 Å². The van der Waals surface area contributed by atoms with Crippen molar-refractivity contribution >= 4 is 23.5 Å². The lowest BCUT2D eigenvalue weighted by molar-refractivity contribution is -0.139. The summed E-state index contributed by atoms with van der Waals surface area (Å²) in [6.07, 6.45) is 3.29. The zero-order chi connectivity index (χ0) is 20.3. The van der Waals surface area contributed by atoms with Gasteiger partial charge in [0, 0.05) is 37.8 Å². The Kier molecular flexibility index (Phi) is 5.58. The summed E-state index contributed by atoms with van der Waals surface area (Å²) in [4.78, 5) is 42.0. The SMILES string of the molecule is Cc1ncc(N2CCN(C(=O)C(C)(C)C)CC2)nc1C(=O)Nc1ccccn1. The average Bonchev–Trinajstić information content (AvgIpc) is 2.68. The van der Waals surface area contributed by atoms with Crippen LogP contribution in [0.4, 0.5) is 11.6 Å². The predicted molar refractivity (Wildman–Crippen MR) is 107 cm³/mol. The molecule has 148 valence electrons. The molecule has 0 unspecified atom stereocenters. The highest BCUT2D eigenvalue weighted by Crippen LogP contribution is 2.21. The molecule has 1 N–H and O–H groups in total. The molecule has 28 heavy (non-hydrogen) atoms. The molecular weight excluding hydrogens is 356 g/mol. The van der Waals surface area contributed by atoms with Crippen LogP contribution in [0.1, 0.15) is 37.0 Å². The van der Waals surface area contributed by atoms with Gasteiger partial charge in [-0.3, -0.25) is 14.6 Å². The van der Waals surface area contributed by atoms with Gasteiger partial charge in [-0.1, -0.05) is 26.8 Å². The largest absolute Gasteiger partial charge is 0.352 e. The van der Waals surface area contributed by atoms with Crippen LogP contribution in [0.3, 0.4) is 0 Å². The molecule has 1 aliphatic heterocycles. The number of nitrogens with one attached hydrogen (secondary N) is 1. The minimum absolute atomic E-state index is 0.151. The number of hydrogen-bond donors (Lipinski definition) is 1. The molecule has 8 nitrogen and oxygen atoms in total. The number of aromatic nitrogens is 3. The molecule has 2 aromatic heterocycles. The van der Waals surface area contributed by atoms with Crippen molar-refractivity contribution in [3.63, 3.8) is 0 Å². The topological polar surface area (TPSA) is 91.3 Å². The molecule has 3 rings (SSSR count). The van der Waals surface area contributed by atoms with E-state index in [0.717, 1.165) is 0 Å². The van der Waals surface area contributed by atoms with Crippen LogP contribution >= 0.6 is 0 Å². The van der Waals surface area contributed by atoms with E-state index in [2.05, 4.69) is 25.2 Å². The Labute approximate surface area is 165 Å². The second-order valence-electron chi connectivity index (χ2n) is 7.86. The van der Waals surface area contributed by atoms with Crippen molar-refractivity contribution in [2.24, 2.45) is 5.41 Å². The highest BCUT2D eigenvalue weighted by atomic mass is 16.2. The quantitative estimate of drug-likeness (QED) is 0.874. The number of pyridine rings is 1. The standard InChI is InChI=1S/C20H26N6O2/c1-14-17(18(27)23-15-7-5-6-8-21-15)24-16(13-22-14)25-9-11-26(12-10-25)19(28)20(2,3)4/h5-8,13H,9-12H2,1-4H3,(H,21,23,27). The predicted octanol–water partition coefficient (Wildman–Crippen LogP) is 2.13. The monoisotopic (exact) mass is 382 g/mol. The molecule has 0 radical (unpaired) electrons. The Balaban J connectivity index is 1.70. The van der Waals surface area contributed by atoms with E-state index in [4.69, 9.17) is 0 Å². The first-order chi connectivity index (χ1) is 13.3. The molecule has 1 aliphatic rings. The zero-order valence-corrected chi connectivity index (χ0v) is 16.8. The molecule has 0 bridgehead atoms. The van der Waals surface area contributed by atoms with Crippen LogP contribution in [0.5, 0.6) is 0 Å². The van der Waals surface area contributed by atoms with Crippen LogP contribution in [0.2, 0.25) is 0 Å². The van der Waals surface area contributed by atoms with E-state index in [9.17, 15) is 9.59 Å². The molecule has 0 spiro atoms. The van der Waals surface area contributed by atoms with Crippen LogP contribution in [0, 0.1) is 12.3 Å². The highest BCUT2D eigenvalue weighted by Gasteiger charge is 2.30. The molecule has 2 aromatic rings. The maximum atomic E-state index is 12.6. The Bertz CT molecular complexity index is 855. The Hall–Kier alpha value is -3.03. The van der Waals surface area contributed by atoms with Gasteiger partial charge < -0.3 is 15.1 Å². The van der Waals surface area contributed by atoms with Crippen LogP contribution in [-0.4, -0.2) is 57.8 Å². The number of amides is 2. The minimum Gasteiger partial charge on any atom is -0.352 e. The fraction of sp³-hybridized carbons (Fsp3) is 0.450. The number of hydrogen-bond acceptors (Lipinski definition) is 6. The first-order valence-corrected chi connectivity index (χ1v) is 9.36. The van der Waals surface area contributed by atoms with E-state index in [1.165, 1.54) is 0 Å². The van der Waals surface area contributed by atoms with Gasteiger partial charge in [0.15, 0.2) is 5.69 Å². The fourth-order valence-corrected chi connectivity index (χ4v) is 3.03. The first-order valence-electron chi connectivity index (χ1n) is 9.36. The van der Waals surface area contributed by atoms with Gasteiger partial charge >= 0.3 is 0 Å². The van der Waals surface area contributed by atoms with Crippen molar-refractivity contribution in [1.82, 2.24) is 19.9 Å². The molecule has 1 saturated heterocycles. The van der Waals surface area contributed by atoms with Crippen molar-refractivity contribution in [3.8, 4) is 0 Å². The van der Waals surface area contributed by atoms with Gasteiger partial charge in [0.2, 0.25) is 5.91 Å². The normalized spacial score (nSPS) is 14.7. The lowest BCUT2D eigenvalue weighted by Crippen LogP contribution is -2.52. The Morgan fingerprint density at radius 1 is 1.07 bits per heavy atom. The summed E-state index contributed by atoms with van der Waals surface area (Å²) in [5.41, 5.74) is 0.442. The van der Waals surface area contributed by atoms with Gasteiger partial charge in [-0.15, -0.1) is 0 Å². The average molecular weight is 382 g/mol. The fourth-order valence-electron chi connectivity index (χ4n) is 3.03. The zero-order valence-electron chi connectivity index (χ0n) is 16.8. The molecule has 0 aromatic carbocycles. The first kappa shape index (κ1) is 19.7. The summed E-state index contributed by atoms with van der Waals surface area (Å²) in [5.74, 6) is 0.915. The summed E-state index contributed by atoms with van der Waals surface area (Å²) < 4.78 is 0. The van der Waals surface area contributed by atoms with Gasteiger partial charge in [0.1, 0.15) is 11.6 Å². The van der Waals surface area contributed by atoms with Crippen molar-refractivity contribution < 1.29 is 9.59 Å². The van der Waals surface area contributed by atoms with Crippen molar-refractivity contribution in [3.05, 3.63) is 42.0 Å². The van der Waals surface area contributed by atoms with E-state index in [0.29, 0.717) is 43.5 Å². The van der Waals surface area contributed by atoms with Crippen molar-refractivity contribution in [1.29, 1.82) is 0 Å². The smallest absolute Gasteiger partial charge is 0.277 e. The third-order valence-electron chi connectivity index (χ3n) is 4.60. The summed E-state index contributed by atoms with van der Waals surface area (Å²) in [6.45, 7) is 10.1. The second kappa shape index (κ2) is 7.92. The molecule has 0 atom stereocenters. The summed E-state index contributed by atoms with van der Waals surface area (Å²) in [5, 5.41) is 2.74. The maximum Gasteiger partial charge on any atom is 0.277 e. The summed E-state index contributed by atoms with van der Waals surface area (Å²) >= 11 is 0. The Morgan fingerprint density at radius 3 is 2.39 bits per heavy atom. The van der Waals surface area contributed by atoms with E-state index in [1.54, 1.807) is 37.5 Å². The lowest BCUT2D eigenvalue weighted by Gasteiger charge is -2.38. The minimum atomic E-state index is -0.386. The van der Waals surface area contributed by atoms with Crippen LogP contribution in [0.25, 0.3) is 0 Å². The van der Waals surface area contributed by atoms with Gasteiger partial charge in [0.25, 0.3) is 5.91 Å². The number of carbonyl (C=O) groups is 2. The maximum absolute atomic E-state index is 12.6. The number of piperazine rings is 1. The van der Waals surface area contributed by atoms with Crippen molar-refractivity contribution in [2.75, 3.05) is 36.4 Å². The molecule has 0 saturated carbocycles. The van der Waals surface area contributed by atoms with Gasteiger partial charge in [-0.05, 0) is 19.1 Å². The van der Waals surface area contributed by atoms with Gasteiger partial charge in [0.05, 0.1) is 11.9 Å². The van der Waals surface area contributed by atoms with E-state index in [-0.39, 0.29) is 22.9 Å². The number of aryl methyl sites for hydroxylation is 1. The second-order valence-corrected chi connectivity index (χ2v) is 7.86. The molecule has 1 fully saturated rings. The third-order valence-corrected chi connectivity index (χ3v) is 4.60. The highest BCUT2D eigenvalue weighted by molar-refractivity contribution is 6.03.